The molecule has 0 radical (unpaired) electrons. The average molecular weight is 281 g/mol. The zero-order valence-corrected chi connectivity index (χ0v) is 12.6. The van der Waals surface area contributed by atoms with Crippen LogP contribution < -0.4 is 0 Å². The number of hydrogen-bond donors (Lipinski definition) is 1. The van der Waals surface area contributed by atoms with E-state index < -0.39 is 0 Å². The molecule has 4 nitrogen and oxygen atoms in total. The van der Waals surface area contributed by atoms with Gasteiger partial charge < -0.3 is 5.11 Å². The van der Waals surface area contributed by atoms with Crippen LogP contribution >= 0.6 is 0 Å². The third-order valence-electron chi connectivity index (χ3n) is 4.96. The molecule has 1 saturated heterocycles. The molecular formula is C16H27NO3. The molecule has 0 bridgehead atoms. The van der Waals surface area contributed by atoms with Crippen LogP contribution in [-0.2, 0) is 9.59 Å². The number of aliphatic hydroxyl groups is 1. The Balaban J connectivity index is 1.87. The highest BCUT2D eigenvalue weighted by Gasteiger charge is 2.43. The van der Waals surface area contributed by atoms with Gasteiger partial charge in [0.15, 0.2) is 0 Å². The van der Waals surface area contributed by atoms with E-state index in [0.29, 0.717) is 19.4 Å². The summed E-state index contributed by atoms with van der Waals surface area (Å²) in [6.07, 6.45) is 8.43. The molecule has 2 amide bonds. The lowest BCUT2D eigenvalue weighted by Gasteiger charge is -2.42. The number of hydrogen-bond acceptors (Lipinski definition) is 3. The van der Waals surface area contributed by atoms with Gasteiger partial charge in [0.25, 0.3) is 0 Å². The third-order valence-corrected chi connectivity index (χ3v) is 4.96. The minimum absolute atomic E-state index is 0.0126. The Kier molecular flexibility index (Phi) is 5.19. The molecule has 2 fully saturated rings. The quantitative estimate of drug-likeness (QED) is 0.788. The summed E-state index contributed by atoms with van der Waals surface area (Å²) in [6, 6.07) is 0. The summed E-state index contributed by atoms with van der Waals surface area (Å²) in [6.45, 7) is 2.68. The maximum absolute atomic E-state index is 12.3. The molecule has 1 heterocycles. The van der Waals surface area contributed by atoms with Crippen molar-refractivity contribution >= 4 is 11.8 Å². The van der Waals surface area contributed by atoms with Gasteiger partial charge >= 0.3 is 0 Å². The van der Waals surface area contributed by atoms with Crippen LogP contribution in [-0.4, -0.2) is 35.0 Å². The van der Waals surface area contributed by atoms with E-state index in [2.05, 4.69) is 0 Å². The summed E-state index contributed by atoms with van der Waals surface area (Å²) in [5, 5.41) is 8.99. The van der Waals surface area contributed by atoms with Crippen LogP contribution in [0.4, 0.5) is 0 Å². The van der Waals surface area contributed by atoms with Crippen molar-refractivity contribution in [2.45, 2.75) is 64.7 Å². The molecule has 2 aliphatic rings. The summed E-state index contributed by atoms with van der Waals surface area (Å²) >= 11 is 0. The SMILES string of the molecule is CC(CO)CCCN1C(=O)CC2(CCCCC2)CC1=O. The molecule has 1 unspecified atom stereocenters. The highest BCUT2D eigenvalue weighted by atomic mass is 16.3. The molecule has 1 N–H and O–H groups in total. The smallest absolute Gasteiger partial charge is 0.229 e. The minimum Gasteiger partial charge on any atom is -0.396 e. The van der Waals surface area contributed by atoms with Crippen molar-refractivity contribution in [1.29, 1.82) is 0 Å². The molecular weight excluding hydrogens is 254 g/mol. The van der Waals surface area contributed by atoms with E-state index in [-0.39, 0.29) is 29.8 Å². The molecule has 1 aliphatic heterocycles. The molecule has 1 saturated carbocycles. The third kappa shape index (κ3) is 3.60. The zero-order chi connectivity index (χ0) is 14.6. The van der Waals surface area contributed by atoms with Gasteiger partial charge in [-0.05, 0) is 37.0 Å². The number of likely N-dealkylation sites (tertiary alicyclic amines) is 1. The molecule has 0 aromatic rings. The lowest BCUT2D eigenvalue weighted by molar-refractivity contribution is -0.154. The Morgan fingerprint density at radius 3 is 2.30 bits per heavy atom. The van der Waals surface area contributed by atoms with E-state index in [1.807, 2.05) is 6.92 Å². The second-order valence-electron chi connectivity index (χ2n) is 6.78. The van der Waals surface area contributed by atoms with Gasteiger partial charge in [0.2, 0.25) is 11.8 Å². The van der Waals surface area contributed by atoms with Crippen LogP contribution in [0.1, 0.15) is 64.7 Å². The van der Waals surface area contributed by atoms with Crippen molar-refractivity contribution in [3.8, 4) is 0 Å². The Bertz CT molecular complexity index is 341. The first kappa shape index (κ1) is 15.5. The Morgan fingerprint density at radius 2 is 1.75 bits per heavy atom. The highest BCUT2D eigenvalue weighted by molar-refractivity contribution is 5.98. The lowest BCUT2D eigenvalue weighted by Crippen LogP contribution is -2.48. The van der Waals surface area contributed by atoms with Crippen LogP contribution in [0.5, 0.6) is 0 Å². The molecule has 2 rings (SSSR count). The number of carbonyl (C=O) groups excluding carboxylic acids is 2. The van der Waals surface area contributed by atoms with Gasteiger partial charge in [-0.2, -0.15) is 0 Å². The largest absolute Gasteiger partial charge is 0.396 e. The lowest BCUT2D eigenvalue weighted by atomic mass is 9.67. The number of amides is 2. The second kappa shape index (κ2) is 6.70. The van der Waals surface area contributed by atoms with Crippen molar-refractivity contribution < 1.29 is 14.7 Å². The van der Waals surface area contributed by atoms with Gasteiger partial charge in [0.1, 0.15) is 0 Å². The van der Waals surface area contributed by atoms with Gasteiger partial charge in [-0.3, -0.25) is 14.5 Å². The second-order valence-corrected chi connectivity index (χ2v) is 6.78. The van der Waals surface area contributed by atoms with Crippen molar-refractivity contribution in [2.75, 3.05) is 13.2 Å². The average Bonchev–Trinajstić information content (AvgIpc) is 2.42. The predicted molar refractivity (Wildman–Crippen MR) is 77.0 cm³/mol. The molecule has 1 aliphatic carbocycles. The fourth-order valence-corrected chi connectivity index (χ4v) is 3.63. The summed E-state index contributed by atoms with van der Waals surface area (Å²) < 4.78 is 0. The Hall–Kier alpha value is -0.900. The van der Waals surface area contributed by atoms with Gasteiger partial charge in [-0.25, -0.2) is 0 Å². The highest BCUT2D eigenvalue weighted by Crippen LogP contribution is 2.45. The van der Waals surface area contributed by atoms with Crippen LogP contribution in [0.3, 0.4) is 0 Å². The predicted octanol–water partition coefficient (Wildman–Crippen LogP) is 2.49. The van der Waals surface area contributed by atoms with Gasteiger partial charge in [0.05, 0.1) is 0 Å². The molecule has 20 heavy (non-hydrogen) atoms. The van der Waals surface area contributed by atoms with Crippen molar-refractivity contribution in [3.05, 3.63) is 0 Å². The van der Waals surface area contributed by atoms with Crippen LogP contribution in [0.2, 0.25) is 0 Å². The first-order valence-electron chi connectivity index (χ1n) is 8.00. The minimum atomic E-state index is -0.0126. The van der Waals surface area contributed by atoms with Gasteiger partial charge in [-0.15, -0.1) is 0 Å². The summed E-state index contributed by atoms with van der Waals surface area (Å²) in [7, 11) is 0. The number of rotatable bonds is 5. The number of piperidine rings is 1. The number of imide groups is 1. The van der Waals surface area contributed by atoms with E-state index in [4.69, 9.17) is 5.11 Å². The maximum atomic E-state index is 12.3. The fourth-order valence-electron chi connectivity index (χ4n) is 3.63. The molecule has 0 aromatic carbocycles. The Labute approximate surface area is 121 Å². The summed E-state index contributed by atoms with van der Waals surface area (Å²) in [4.78, 5) is 26.0. The fraction of sp³-hybridized carbons (Fsp3) is 0.875. The number of carbonyl (C=O) groups is 2. The normalized spacial score (nSPS) is 24.2. The first-order valence-corrected chi connectivity index (χ1v) is 8.00. The topological polar surface area (TPSA) is 57.6 Å². The van der Waals surface area contributed by atoms with Crippen LogP contribution in [0.25, 0.3) is 0 Å². The van der Waals surface area contributed by atoms with Gasteiger partial charge in [-0.1, -0.05) is 26.2 Å². The van der Waals surface area contributed by atoms with E-state index >= 15 is 0 Å². The van der Waals surface area contributed by atoms with E-state index in [0.717, 1.165) is 38.5 Å². The molecule has 114 valence electrons. The zero-order valence-electron chi connectivity index (χ0n) is 12.6. The summed E-state index contributed by atoms with van der Waals surface area (Å²) in [5.74, 6) is 0.300. The molecule has 0 aromatic heterocycles. The van der Waals surface area contributed by atoms with E-state index in [1.54, 1.807) is 0 Å². The molecule has 4 heteroatoms. The molecule has 1 atom stereocenters. The van der Waals surface area contributed by atoms with Gasteiger partial charge in [0, 0.05) is 26.0 Å². The standard InChI is InChI=1S/C16H27NO3/c1-13(12-18)6-5-9-17-14(19)10-16(11-15(17)20)7-3-2-4-8-16/h13,18H,2-12H2,1H3. The number of aliphatic hydroxyl groups excluding tert-OH is 1. The van der Waals surface area contributed by atoms with E-state index in [1.165, 1.54) is 11.3 Å². The number of nitrogens with zero attached hydrogens (tertiary/aromatic N) is 1. The van der Waals surface area contributed by atoms with Crippen molar-refractivity contribution in [3.63, 3.8) is 0 Å². The summed E-state index contributed by atoms with van der Waals surface area (Å²) in [5.41, 5.74) is -0.0126. The van der Waals surface area contributed by atoms with Crippen LogP contribution in [0, 0.1) is 11.3 Å². The van der Waals surface area contributed by atoms with E-state index in [9.17, 15) is 9.59 Å². The van der Waals surface area contributed by atoms with Crippen molar-refractivity contribution in [2.24, 2.45) is 11.3 Å². The monoisotopic (exact) mass is 281 g/mol. The van der Waals surface area contributed by atoms with Crippen molar-refractivity contribution in [1.82, 2.24) is 4.90 Å². The van der Waals surface area contributed by atoms with Crippen LogP contribution in [0.15, 0.2) is 0 Å². The molecule has 1 spiro atoms. The maximum Gasteiger partial charge on any atom is 0.229 e. The Morgan fingerprint density at radius 1 is 1.15 bits per heavy atom. The first-order chi connectivity index (χ1) is 9.56.